The summed E-state index contributed by atoms with van der Waals surface area (Å²) in [6, 6.07) is 5.60. The Morgan fingerprint density at radius 2 is 2.07 bits per heavy atom. The number of hydrogen-bond donors (Lipinski definition) is 1. The highest BCUT2D eigenvalue weighted by Crippen LogP contribution is 2.27. The highest BCUT2D eigenvalue weighted by atomic mass is 35.5. The molecule has 1 aromatic rings. The molecule has 0 aliphatic heterocycles. The van der Waals surface area contributed by atoms with Gasteiger partial charge in [0.05, 0.1) is 10.0 Å². The van der Waals surface area contributed by atoms with Crippen LogP contribution in [0.3, 0.4) is 0 Å². The monoisotopic (exact) mass is 243 g/mol. The fourth-order valence-corrected chi connectivity index (χ4v) is 1.66. The molecule has 2 N–H and O–H groups in total. The van der Waals surface area contributed by atoms with Crippen LogP contribution < -0.4 is 5.73 Å². The zero-order chi connectivity index (χ0) is 11.4. The number of rotatable bonds is 3. The van der Waals surface area contributed by atoms with Crippen LogP contribution in [0, 0.1) is 5.92 Å². The second-order valence-electron chi connectivity index (χ2n) is 3.72. The molecule has 15 heavy (non-hydrogen) atoms. The molecule has 0 amide bonds. The fourth-order valence-electron chi connectivity index (χ4n) is 1.29. The van der Waals surface area contributed by atoms with E-state index in [0.29, 0.717) is 22.5 Å². The van der Waals surface area contributed by atoms with Gasteiger partial charge in [-0.05, 0) is 17.5 Å². The van der Waals surface area contributed by atoms with Gasteiger partial charge in [-0.25, -0.2) is 0 Å². The first-order chi connectivity index (χ1) is 7.06. The van der Waals surface area contributed by atoms with Crippen molar-refractivity contribution in [2.24, 2.45) is 11.7 Å². The van der Waals surface area contributed by atoms with Crippen molar-refractivity contribution < 1.29 is 0 Å². The van der Waals surface area contributed by atoms with Crippen LogP contribution in [0.1, 0.15) is 19.4 Å². The van der Waals surface area contributed by atoms with Crippen LogP contribution in [0.15, 0.2) is 23.8 Å². The highest BCUT2D eigenvalue weighted by Gasteiger charge is 2.05. The summed E-state index contributed by atoms with van der Waals surface area (Å²) in [6.45, 7) is 4.76. The quantitative estimate of drug-likeness (QED) is 0.854. The van der Waals surface area contributed by atoms with Crippen molar-refractivity contribution in [1.29, 1.82) is 0 Å². The van der Waals surface area contributed by atoms with Crippen LogP contribution in [0.2, 0.25) is 10.0 Å². The summed E-state index contributed by atoms with van der Waals surface area (Å²) in [5, 5.41) is 1.16. The fraction of sp³-hybridized carbons (Fsp3) is 0.333. The molecule has 0 radical (unpaired) electrons. The molecule has 0 saturated carbocycles. The molecular formula is C12H15Cl2N. The van der Waals surface area contributed by atoms with Crippen molar-refractivity contribution in [2.75, 3.05) is 6.54 Å². The number of nitrogens with two attached hydrogens (primary N) is 1. The van der Waals surface area contributed by atoms with Crippen molar-refractivity contribution in [3.63, 3.8) is 0 Å². The van der Waals surface area contributed by atoms with E-state index in [1.807, 2.05) is 18.2 Å². The van der Waals surface area contributed by atoms with Gasteiger partial charge in [-0.2, -0.15) is 0 Å². The predicted molar refractivity (Wildman–Crippen MR) is 68.3 cm³/mol. The van der Waals surface area contributed by atoms with Gasteiger partial charge in [-0.15, -0.1) is 0 Å². The van der Waals surface area contributed by atoms with Crippen LogP contribution >= 0.6 is 23.2 Å². The summed E-state index contributed by atoms with van der Waals surface area (Å²) >= 11 is 12.0. The molecule has 0 fully saturated rings. The maximum atomic E-state index is 6.08. The van der Waals surface area contributed by atoms with Crippen LogP contribution in [0.5, 0.6) is 0 Å². The van der Waals surface area contributed by atoms with Crippen LogP contribution in [-0.4, -0.2) is 6.54 Å². The third-order valence-electron chi connectivity index (χ3n) is 2.30. The van der Waals surface area contributed by atoms with Crippen LogP contribution in [0.4, 0.5) is 0 Å². The van der Waals surface area contributed by atoms with E-state index in [1.165, 1.54) is 5.57 Å². The molecule has 0 aliphatic rings. The Balaban J connectivity index is 3.11. The third-order valence-corrected chi connectivity index (χ3v) is 3.13. The van der Waals surface area contributed by atoms with Gasteiger partial charge in [0, 0.05) is 6.54 Å². The topological polar surface area (TPSA) is 26.0 Å². The largest absolute Gasteiger partial charge is 0.327 e. The smallest absolute Gasteiger partial charge is 0.0664 e. The average molecular weight is 244 g/mol. The Hall–Kier alpha value is -0.500. The maximum Gasteiger partial charge on any atom is 0.0664 e. The Morgan fingerprint density at radius 1 is 1.40 bits per heavy atom. The third kappa shape index (κ3) is 3.23. The minimum absolute atomic E-state index is 0.421. The van der Waals surface area contributed by atoms with E-state index in [2.05, 4.69) is 13.8 Å². The summed E-state index contributed by atoms with van der Waals surface area (Å²) in [4.78, 5) is 0. The molecule has 0 heterocycles. The van der Waals surface area contributed by atoms with Gasteiger partial charge in [-0.3, -0.25) is 0 Å². The minimum Gasteiger partial charge on any atom is -0.327 e. The van der Waals surface area contributed by atoms with E-state index >= 15 is 0 Å². The lowest BCUT2D eigenvalue weighted by atomic mass is 10.0. The standard InChI is InChI=1S/C12H15Cl2N/c1-8(2)10(7-15)6-9-4-3-5-11(13)12(9)14/h3-6,8H,7,15H2,1-2H3. The van der Waals surface area contributed by atoms with E-state index in [9.17, 15) is 0 Å². The molecule has 82 valence electrons. The van der Waals surface area contributed by atoms with Gasteiger partial charge in [0.15, 0.2) is 0 Å². The summed E-state index contributed by atoms with van der Waals surface area (Å²) in [5.74, 6) is 0.421. The molecule has 0 bridgehead atoms. The van der Waals surface area contributed by atoms with E-state index in [4.69, 9.17) is 28.9 Å². The Bertz CT molecular complexity index is 370. The Morgan fingerprint density at radius 3 is 2.60 bits per heavy atom. The summed E-state index contributed by atoms with van der Waals surface area (Å²) in [7, 11) is 0. The second-order valence-corrected chi connectivity index (χ2v) is 4.51. The summed E-state index contributed by atoms with van der Waals surface area (Å²) < 4.78 is 0. The Kier molecular flexibility index (Phi) is 4.65. The SMILES string of the molecule is CC(C)C(=Cc1cccc(Cl)c1Cl)CN. The van der Waals surface area contributed by atoms with Gasteiger partial charge < -0.3 is 5.73 Å². The van der Waals surface area contributed by atoms with Gasteiger partial charge >= 0.3 is 0 Å². The first kappa shape index (κ1) is 12.6. The van der Waals surface area contributed by atoms with Gasteiger partial charge in [0.25, 0.3) is 0 Å². The minimum atomic E-state index is 0.421. The molecule has 0 aliphatic carbocycles. The number of benzene rings is 1. The molecule has 3 heteroatoms. The van der Waals surface area contributed by atoms with Crippen molar-refractivity contribution in [1.82, 2.24) is 0 Å². The normalized spacial score (nSPS) is 12.3. The molecule has 0 aromatic heterocycles. The lowest BCUT2D eigenvalue weighted by Gasteiger charge is -2.09. The van der Waals surface area contributed by atoms with Crippen molar-refractivity contribution >= 4 is 29.3 Å². The lowest BCUT2D eigenvalue weighted by Crippen LogP contribution is -2.08. The maximum absolute atomic E-state index is 6.08. The predicted octanol–water partition coefficient (Wildman–Crippen LogP) is 3.99. The molecule has 0 spiro atoms. The van der Waals surface area contributed by atoms with Crippen molar-refractivity contribution in [3.8, 4) is 0 Å². The molecule has 0 unspecified atom stereocenters. The van der Waals surface area contributed by atoms with Crippen LogP contribution in [-0.2, 0) is 0 Å². The van der Waals surface area contributed by atoms with E-state index in [-0.39, 0.29) is 0 Å². The first-order valence-corrected chi connectivity index (χ1v) is 5.66. The lowest BCUT2D eigenvalue weighted by molar-refractivity contribution is 0.753. The number of halogens is 2. The van der Waals surface area contributed by atoms with E-state index in [1.54, 1.807) is 6.07 Å². The zero-order valence-corrected chi connectivity index (χ0v) is 10.4. The zero-order valence-electron chi connectivity index (χ0n) is 8.93. The first-order valence-electron chi connectivity index (χ1n) is 4.90. The summed E-state index contributed by atoms with van der Waals surface area (Å²) in [5.41, 5.74) is 7.76. The van der Waals surface area contributed by atoms with Gasteiger partial charge in [-0.1, -0.05) is 60.8 Å². The van der Waals surface area contributed by atoms with E-state index < -0.39 is 0 Å². The molecular weight excluding hydrogens is 229 g/mol. The van der Waals surface area contributed by atoms with Crippen molar-refractivity contribution in [2.45, 2.75) is 13.8 Å². The van der Waals surface area contributed by atoms with Gasteiger partial charge in [0.2, 0.25) is 0 Å². The van der Waals surface area contributed by atoms with E-state index in [0.717, 1.165) is 5.56 Å². The average Bonchev–Trinajstić information content (AvgIpc) is 2.19. The van der Waals surface area contributed by atoms with Crippen molar-refractivity contribution in [3.05, 3.63) is 39.4 Å². The Labute approximate surface area is 101 Å². The molecule has 1 aromatic carbocycles. The summed E-state index contributed by atoms with van der Waals surface area (Å²) in [6.07, 6.45) is 2.01. The molecule has 1 rings (SSSR count). The highest BCUT2D eigenvalue weighted by molar-refractivity contribution is 6.42. The second kappa shape index (κ2) is 5.55. The number of hydrogen-bond acceptors (Lipinski definition) is 1. The molecule has 0 saturated heterocycles. The van der Waals surface area contributed by atoms with Crippen LogP contribution in [0.25, 0.3) is 6.08 Å². The molecule has 1 nitrogen and oxygen atoms in total. The van der Waals surface area contributed by atoms with Gasteiger partial charge in [0.1, 0.15) is 0 Å². The molecule has 0 atom stereocenters.